The van der Waals surface area contributed by atoms with E-state index in [2.05, 4.69) is 5.32 Å². The standard InChI is InChI=1S/C18H23NO5/c1-3-23-16(21)15(19-13-9-6-5-7-10-13)18(17(22)24-4-2)12-8-11-14(18)20/h5-7,9-10,15,19H,3-4,8,11-12H2,1-2H3/t15-,18-/m0/s1. The second-order valence-electron chi connectivity index (χ2n) is 5.66. The molecule has 2 atom stereocenters. The zero-order chi connectivity index (χ0) is 17.6. The lowest BCUT2D eigenvalue weighted by Crippen LogP contribution is -2.55. The second kappa shape index (κ2) is 7.95. The number of carbonyl (C=O) groups excluding carboxylic acids is 3. The first kappa shape index (κ1) is 18.0. The smallest absolute Gasteiger partial charge is 0.330 e. The van der Waals surface area contributed by atoms with Crippen molar-refractivity contribution in [2.45, 2.75) is 39.2 Å². The molecule has 24 heavy (non-hydrogen) atoms. The minimum Gasteiger partial charge on any atom is -0.465 e. The number of rotatable bonds is 7. The summed E-state index contributed by atoms with van der Waals surface area (Å²) in [4.78, 5) is 37.8. The monoisotopic (exact) mass is 333 g/mol. The van der Waals surface area contributed by atoms with Gasteiger partial charge in [0.15, 0.2) is 11.2 Å². The van der Waals surface area contributed by atoms with Gasteiger partial charge < -0.3 is 14.8 Å². The third-order valence-electron chi connectivity index (χ3n) is 4.21. The van der Waals surface area contributed by atoms with Crippen LogP contribution < -0.4 is 5.32 Å². The first-order chi connectivity index (χ1) is 11.6. The Labute approximate surface area is 141 Å². The summed E-state index contributed by atoms with van der Waals surface area (Å²) < 4.78 is 10.3. The highest BCUT2D eigenvalue weighted by Gasteiger charge is 2.58. The number of hydrogen-bond acceptors (Lipinski definition) is 6. The van der Waals surface area contributed by atoms with Gasteiger partial charge in [-0.25, -0.2) is 4.79 Å². The maximum atomic E-state index is 12.6. The molecule has 0 spiro atoms. The number of esters is 2. The van der Waals surface area contributed by atoms with E-state index in [4.69, 9.17) is 9.47 Å². The van der Waals surface area contributed by atoms with Crippen molar-refractivity contribution in [2.75, 3.05) is 18.5 Å². The largest absolute Gasteiger partial charge is 0.465 e. The van der Waals surface area contributed by atoms with Crippen LogP contribution in [0.4, 0.5) is 5.69 Å². The van der Waals surface area contributed by atoms with E-state index >= 15 is 0 Å². The topological polar surface area (TPSA) is 81.7 Å². The molecule has 1 aromatic carbocycles. The zero-order valence-corrected chi connectivity index (χ0v) is 14.0. The summed E-state index contributed by atoms with van der Waals surface area (Å²) in [6.07, 6.45) is 1.07. The molecule has 1 N–H and O–H groups in total. The minimum absolute atomic E-state index is 0.148. The maximum absolute atomic E-state index is 12.6. The van der Waals surface area contributed by atoms with Crippen LogP contribution in [0.3, 0.4) is 0 Å². The number of carbonyl (C=O) groups is 3. The molecule has 0 bridgehead atoms. The number of hydrogen-bond donors (Lipinski definition) is 1. The van der Waals surface area contributed by atoms with Crippen molar-refractivity contribution in [3.8, 4) is 0 Å². The number of benzene rings is 1. The van der Waals surface area contributed by atoms with Crippen LogP contribution in [0.15, 0.2) is 30.3 Å². The first-order valence-electron chi connectivity index (χ1n) is 8.25. The Hall–Kier alpha value is -2.37. The Morgan fingerprint density at radius 3 is 2.38 bits per heavy atom. The van der Waals surface area contributed by atoms with Gasteiger partial charge in [-0.1, -0.05) is 18.2 Å². The molecular weight excluding hydrogens is 310 g/mol. The second-order valence-corrected chi connectivity index (χ2v) is 5.66. The van der Waals surface area contributed by atoms with Gasteiger partial charge in [-0.15, -0.1) is 0 Å². The van der Waals surface area contributed by atoms with Gasteiger partial charge in [0, 0.05) is 12.1 Å². The molecule has 0 heterocycles. The molecule has 0 aliphatic heterocycles. The van der Waals surface area contributed by atoms with Crippen molar-refractivity contribution < 1.29 is 23.9 Å². The lowest BCUT2D eigenvalue weighted by molar-refractivity contribution is -0.166. The van der Waals surface area contributed by atoms with Crippen LogP contribution >= 0.6 is 0 Å². The van der Waals surface area contributed by atoms with Crippen LogP contribution in [0.1, 0.15) is 33.1 Å². The Morgan fingerprint density at radius 2 is 1.83 bits per heavy atom. The van der Waals surface area contributed by atoms with E-state index in [0.29, 0.717) is 12.1 Å². The summed E-state index contributed by atoms with van der Waals surface area (Å²) >= 11 is 0. The quantitative estimate of drug-likeness (QED) is 0.609. The van der Waals surface area contributed by atoms with Crippen LogP contribution in [-0.4, -0.2) is 37.0 Å². The molecule has 130 valence electrons. The highest BCUT2D eigenvalue weighted by Crippen LogP contribution is 2.41. The fourth-order valence-corrected chi connectivity index (χ4v) is 3.10. The van der Waals surface area contributed by atoms with Crippen molar-refractivity contribution in [3.05, 3.63) is 30.3 Å². The predicted octanol–water partition coefficient (Wildman–Crippen LogP) is 2.33. The van der Waals surface area contributed by atoms with E-state index in [1.165, 1.54) is 0 Å². The highest BCUT2D eigenvalue weighted by molar-refractivity contribution is 6.10. The molecule has 1 fully saturated rings. The fraction of sp³-hybridized carbons (Fsp3) is 0.500. The molecule has 0 amide bonds. The van der Waals surface area contributed by atoms with Crippen molar-refractivity contribution >= 4 is 23.4 Å². The molecule has 0 unspecified atom stereocenters. The maximum Gasteiger partial charge on any atom is 0.330 e. The molecule has 1 aliphatic rings. The molecule has 1 aromatic rings. The van der Waals surface area contributed by atoms with E-state index in [1.54, 1.807) is 38.1 Å². The van der Waals surface area contributed by atoms with E-state index in [1.807, 2.05) is 6.07 Å². The van der Waals surface area contributed by atoms with Gasteiger partial charge in [0.05, 0.1) is 13.2 Å². The number of nitrogens with one attached hydrogen (secondary N) is 1. The van der Waals surface area contributed by atoms with Crippen molar-refractivity contribution in [3.63, 3.8) is 0 Å². The van der Waals surface area contributed by atoms with Gasteiger partial charge in [-0.2, -0.15) is 0 Å². The normalized spacial score (nSPS) is 21.2. The third kappa shape index (κ3) is 3.42. The number of Topliss-reactive ketones (excluding diaryl/α,β-unsaturated/α-hetero) is 1. The summed E-state index contributed by atoms with van der Waals surface area (Å²) in [7, 11) is 0. The zero-order valence-electron chi connectivity index (χ0n) is 14.0. The van der Waals surface area contributed by atoms with Gasteiger partial charge in [-0.05, 0) is 38.8 Å². The van der Waals surface area contributed by atoms with Crippen LogP contribution in [0.2, 0.25) is 0 Å². The molecule has 0 radical (unpaired) electrons. The lowest BCUT2D eigenvalue weighted by atomic mass is 9.77. The van der Waals surface area contributed by atoms with Crippen LogP contribution in [0.5, 0.6) is 0 Å². The van der Waals surface area contributed by atoms with Crippen molar-refractivity contribution in [1.82, 2.24) is 0 Å². The van der Waals surface area contributed by atoms with E-state index in [9.17, 15) is 14.4 Å². The molecule has 6 heteroatoms. The Morgan fingerprint density at radius 1 is 1.17 bits per heavy atom. The summed E-state index contributed by atoms with van der Waals surface area (Å²) in [6, 6.07) is 7.88. The average molecular weight is 333 g/mol. The van der Waals surface area contributed by atoms with E-state index < -0.39 is 23.4 Å². The Kier molecular flexibility index (Phi) is 5.95. The summed E-state index contributed by atoms with van der Waals surface area (Å²) in [5.41, 5.74) is -0.892. The molecule has 6 nitrogen and oxygen atoms in total. The van der Waals surface area contributed by atoms with Crippen LogP contribution in [-0.2, 0) is 23.9 Å². The van der Waals surface area contributed by atoms with E-state index in [-0.39, 0.29) is 31.8 Å². The predicted molar refractivity (Wildman–Crippen MR) is 88.4 cm³/mol. The Bertz CT molecular complexity index is 601. The first-order valence-corrected chi connectivity index (χ1v) is 8.25. The van der Waals surface area contributed by atoms with Gasteiger partial charge in [0.25, 0.3) is 0 Å². The van der Waals surface area contributed by atoms with Crippen molar-refractivity contribution in [2.24, 2.45) is 5.41 Å². The summed E-state index contributed by atoms with van der Waals surface area (Å²) in [5.74, 6) is -1.55. The van der Waals surface area contributed by atoms with Gasteiger partial charge in [-0.3, -0.25) is 9.59 Å². The molecule has 2 rings (SSSR count). The molecular formula is C18H23NO5. The number of para-hydroxylation sites is 1. The molecule has 0 saturated heterocycles. The molecule has 0 aromatic heterocycles. The average Bonchev–Trinajstić information content (AvgIpc) is 2.96. The van der Waals surface area contributed by atoms with Gasteiger partial charge >= 0.3 is 11.9 Å². The van der Waals surface area contributed by atoms with Gasteiger partial charge in [0.2, 0.25) is 0 Å². The molecule has 1 saturated carbocycles. The Balaban J connectivity index is 2.43. The minimum atomic E-state index is -1.53. The van der Waals surface area contributed by atoms with Crippen molar-refractivity contribution in [1.29, 1.82) is 0 Å². The lowest BCUT2D eigenvalue weighted by Gasteiger charge is -2.33. The fourth-order valence-electron chi connectivity index (χ4n) is 3.10. The number of anilines is 1. The van der Waals surface area contributed by atoms with Crippen LogP contribution in [0, 0.1) is 5.41 Å². The number of ketones is 1. The molecule has 1 aliphatic carbocycles. The van der Waals surface area contributed by atoms with Crippen LogP contribution in [0.25, 0.3) is 0 Å². The SMILES string of the molecule is CCOC(=O)[C@H](Nc1ccccc1)[C@]1(C(=O)OCC)CCCC1=O. The van der Waals surface area contributed by atoms with Gasteiger partial charge in [0.1, 0.15) is 6.04 Å². The van der Waals surface area contributed by atoms with E-state index in [0.717, 1.165) is 0 Å². The summed E-state index contributed by atoms with van der Waals surface area (Å²) in [6.45, 7) is 3.67. The third-order valence-corrected chi connectivity index (χ3v) is 4.21. The summed E-state index contributed by atoms with van der Waals surface area (Å²) in [5, 5.41) is 3.02. The number of ether oxygens (including phenoxy) is 2. The highest BCUT2D eigenvalue weighted by atomic mass is 16.5.